The topological polar surface area (TPSA) is 90.6 Å². The molecule has 1 fully saturated rings. The highest BCUT2D eigenvalue weighted by molar-refractivity contribution is 5.54. The highest BCUT2D eigenvalue weighted by Crippen LogP contribution is 2.32. The number of hydrogen-bond donors (Lipinski definition) is 1. The summed E-state index contributed by atoms with van der Waals surface area (Å²) in [5, 5.41) is 12.0. The van der Waals surface area contributed by atoms with Gasteiger partial charge in [-0.25, -0.2) is 9.97 Å². The molecule has 0 bridgehead atoms. The van der Waals surface area contributed by atoms with Crippen molar-refractivity contribution in [2.24, 2.45) is 0 Å². The first-order valence-electron chi connectivity index (χ1n) is 9.31. The lowest BCUT2D eigenvalue weighted by Crippen LogP contribution is -2.23. The van der Waals surface area contributed by atoms with Gasteiger partial charge in [0.2, 0.25) is 0 Å². The minimum absolute atomic E-state index is 0.277. The second kappa shape index (κ2) is 8.11. The zero-order valence-electron chi connectivity index (χ0n) is 15.7. The maximum atomic E-state index is 8.82. The number of rotatable bonds is 5. The molecule has 1 unspecified atom stereocenters. The maximum absolute atomic E-state index is 8.82. The molecule has 3 aromatic rings. The molecule has 0 amide bonds. The Morgan fingerprint density at radius 2 is 2.07 bits per heavy atom. The summed E-state index contributed by atoms with van der Waals surface area (Å²) >= 11 is 0. The summed E-state index contributed by atoms with van der Waals surface area (Å²) in [6.07, 6.45) is 11.3. The van der Waals surface area contributed by atoms with Gasteiger partial charge >= 0.3 is 0 Å². The van der Waals surface area contributed by atoms with Crippen molar-refractivity contribution in [1.29, 1.82) is 5.26 Å². The van der Waals surface area contributed by atoms with Crippen LogP contribution in [0.1, 0.15) is 41.4 Å². The molecule has 1 aliphatic heterocycles. The lowest BCUT2D eigenvalue weighted by Gasteiger charge is -2.24. The van der Waals surface area contributed by atoms with Crippen molar-refractivity contribution in [3.63, 3.8) is 0 Å². The van der Waals surface area contributed by atoms with Gasteiger partial charge in [0.15, 0.2) is 0 Å². The highest BCUT2D eigenvalue weighted by Gasteiger charge is 2.27. The number of anilines is 2. The minimum Gasteiger partial charge on any atom is -0.338 e. The zero-order valence-corrected chi connectivity index (χ0v) is 15.7. The fourth-order valence-electron chi connectivity index (χ4n) is 3.55. The third-order valence-corrected chi connectivity index (χ3v) is 4.84. The van der Waals surface area contributed by atoms with Gasteiger partial charge in [0.1, 0.15) is 17.6 Å². The van der Waals surface area contributed by atoms with Gasteiger partial charge in [-0.1, -0.05) is 6.07 Å². The Bertz CT molecular complexity index is 977. The summed E-state index contributed by atoms with van der Waals surface area (Å²) in [5.74, 6) is 0.655. The molecule has 0 radical (unpaired) electrons. The van der Waals surface area contributed by atoms with Crippen LogP contribution >= 0.6 is 0 Å². The fraction of sp³-hybridized carbons (Fsp3) is 0.286. The van der Waals surface area contributed by atoms with E-state index in [9.17, 15) is 0 Å². The van der Waals surface area contributed by atoms with Crippen LogP contribution in [0, 0.1) is 18.3 Å². The molecule has 1 N–H and O–H groups in total. The van der Waals surface area contributed by atoms with Crippen molar-refractivity contribution in [2.45, 2.75) is 32.4 Å². The Hall–Kier alpha value is -3.37. The Labute approximate surface area is 164 Å². The summed E-state index contributed by atoms with van der Waals surface area (Å²) in [5.41, 5.74) is 4.56. The van der Waals surface area contributed by atoms with Crippen LogP contribution in [0.15, 0.2) is 49.2 Å². The Balaban J connectivity index is 1.44. The molecule has 1 saturated heterocycles. The van der Waals surface area contributed by atoms with Gasteiger partial charge < -0.3 is 5.32 Å². The monoisotopic (exact) mass is 371 g/mol. The number of hydrogen-bond acceptors (Lipinski definition) is 7. The number of likely N-dealkylation sites (tertiary alicyclic amines) is 1. The van der Waals surface area contributed by atoms with Crippen molar-refractivity contribution in [3.8, 4) is 6.07 Å². The van der Waals surface area contributed by atoms with Gasteiger partial charge in [0.05, 0.1) is 36.0 Å². The first-order chi connectivity index (χ1) is 13.7. The lowest BCUT2D eigenvalue weighted by molar-refractivity contribution is 0.243. The van der Waals surface area contributed by atoms with E-state index in [1.54, 1.807) is 24.5 Å². The first-order valence-corrected chi connectivity index (χ1v) is 9.31. The quantitative estimate of drug-likeness (QED) is 0.733. The van der Waals surface area contributed by atoms with E-state index in [0.29, 0.717) is 11.5 Å². The molecule has 0 saturated carbocycles. The molecule has 3 aromatic heterocycles. The van der Waals surface area contributed by atoms with Crippen LogP contribution in [0.2, 0.25) is 0 Å². The fourth-order valence-corrected chi connectivity index (χ4v) is 3.55. The molecule has 4 rings (SSSR count). The van der Waals surface area contributed by atoms with Crippen LogP contribution < -0.4 is 5.32 Å². The van der Waals surface area contributed by atoms with E-state index < -0.39 is 0 Å². The molecule has 7 nitrogen and oxygen atoms in total. The predicted octanol–water partition coefficient (Wildman–Crippen LogP) is 3.53. The van der Waals surface area contributed by atoms with Gasteiger partial charge in [0.25, 0.3) is 0 Å². The second-order valence-electron chi connectivity index (χ2n) is 6.99. The van der Waals surface area contributed by atoms with E-state index >= 15 is 0 Å². The number of aromatic nitrogens is 4. The Morgan fingerprint density at radius 3 is 2.79 bits per heavy atom. The second-order valence-corrected chi connectivity index (χ2v) is 6.99. The smallest absolute Gasteiger partial charge is 0.148 e. The summed E-state index contributed by atoms with van der Waals surface area (Å²) in [6, 6.07) is 7.94. The van der Waals surface area contributed by atoms with Crippen molar-refractivity contribution < 1.29 is 0 Å². The maximum Gasteiger partial charge on any atom is 0.148 e. The van der Waals surface area contributed by atoms with Crippen molar-refractivity contribution in [3.05, 3.63) is 71.7 Å². The van der Waals surface area contributed by atoms with Crippen molar-refractivity contribution in [1.82, 2.24) is 24.8 Å². The molecule has 0 spiro atoms. The SMILES string of the molecule is Cc1cncc(CN2CCCC2c2cnc(Nc3ccc(C#N)nc3)cn2)c1. The molecule has 140 valence electrons. The van der Waals surface area contributed by atoms with Gasteiger partial charge in [-0.15, -0.1) is 0 Å². The third-order valence-electron chi connectivity index (χ3n) is 4.84. The first kappa shape index (κ1) is 18.0. The van der Waals surface area contributed by atoms with Gasteiger partial charge in [0, 0.05) is 18.9 Å². The molecule has 1 atom stereocenters. The standard InChI is InChI=1S/C21H21N7/c1-15-7-16(10-23-9-15)14-28-6-2-3-20(28)19-12-26-21(13-25-19)27-18-5-4-17(8-22)24-11-18/h4-5,7,9-13,20H,2-3,6,14H2,1H3,(H,26,27). The lowest BCUT2D eigenvalue weighted by atomic mass is 10.1. The van der Waals surface area contributed by atoms with E-state index in [0.717, 1.165) is 37.3 Å². The van der Waals surface area contributed by atoms with E-state index in [1.165, 1.54) is 11.1 Å². The molecule has 0 aromatic carbocycles. The molecule has 0 aliphatic carbocycles. The van der Waals surface area contributed by atoms with Crippen LogP contribution in [-0.4, -0.2) is 31.4 Å². The summed E-state index contributed by atoms with van der Waals surface area (Å²) in [7, 11) is 0. The van der Waals surface area contributed by atoms with Crippen LogP contribution in [0.4, 0.5) is 11.5 Å². The Kier molecular flexibility index (Phi) is 5.22. The number of nitrogens with zero attached hydrogens (tertiary/aromatic N) is 6. The molecular formula is C21H21N7. The average Bonchev–Trinajstić information content (AvgIpc) is 3.17. The molecule has 7 heteroatoms. The van der Waals surface area contributed by atoms with Crippen molar-refractivity contribution >= 4 is 11.5 Å². The van der Waals surface area contributed by atoms with Crippen molar-refractivity contribution in [2.75, 3.05) is 11.9 Å². The molecular weight excluding hydrogens is 350 g/mol. The number of nitriles is 1. The Morgan fingerprint density at radius 1 is 1.14 bits per heavy atom. The van der Waals surface area contributed by atoms with E-state index in [4.69, 9.17) is 5.26 Å². The number of pyridine rings is 2. The normalized spacial score (nSPS) is 16.6. The van der Waals surface area contributed by atoms with E-state index in [2.05, 4.69) is 43.1 Å². The van der Waals surface area contributed by atoms with Crippen LogP contribution in [0.3, 0.4) is 0 Å². The van der Waals surface area contributed by atoms with E-state index in [1.807, 2.05) is 24.7 Å². The van der Waals surface area contributed by atoms with E-state index in [-0.39, 0.29) is 6.04 Å². The minimum atomic E-state index is 0.277. The van der Waals surface area contributed by atoms with Crippen LogP contribution in [0.25, 0.3) is 0 Å². The molecule has 1 aliphatic rings. The summed E-state index contributed by atoms with van der Waals surface area (Å²) in [6.45, 7) is 3.99. The highest BCUT2D eigenvalue weighted by atomic mass is 15.2. The summed E-state index contributed by atoms with van der Waals surface area (Å²) in [4.78, 5) is 19.9. The zero-order chi connectivity index (χ0) is 19.3. The third kappa shape index (κ3) is 4.13. The largest absolute Gasteiger partial charge is 0.338 e. The van der Waals surface area contributed by atoms with Gasteiger partial charge in [-0.2, -0.15) is 5.26 Å². The summed E-state index contributed by atoms with van der Waals surface area (Å²) < 4.78 is 0. The number of nitrogens with one attached hydrogen (secondary N) is 1. The molecule has 4 heterocycles. The average molecular weight is 371 g/mol. The number of aryl methyl sites for hydroxylation is 1. The van der Waals surface area contributed by atoms with Crippen LogP contribution in [0.5, 0.6) is 0 Å². The predicted molar refractivity (Wildman–Crippen MR) is 106 cm³/mol. The van der Waals surface area contributed by atoms with Crippen LogP contribution in [-0.2, 0) is 6.54 Å². The van der Waals surface area contributed by atoms with Gasteiger partial charge in [-0.05, 0) is 49.6 Å². The molecule has 28 heavy (non-hydrogen) atoms. The van der Waals surface area contributed by atoms with Gasteiger partial charge in [-0.3, -0.25) is 14.9 Å².